The zero-order valence-corrected chi connectivity index (χ0v) is 21.9. The molecule has 0 unspecified atom stereocenters. The molecule has 0 bridgehead atoms. The Morgan fingerprint density at radius 1 is 1.09 bits per heavy atom. The summed E-state index contributed by atoms with van der Waals surface area (Å²) in [4.78, 5) is 30.0. The second-order valence-corrected chi connectivity index (χ2v) is 9.61. The lowest BCUT2D eigenvalue weighted by Crippen LogP contribution is -2.47. The van der Waals surface area contributed by atoms with Gasteiger partial charge in [0.15, 0.2) is 5.11 Å². The van der Waals surface area contributed by atoms with E-state index in [0.717, 1.165) is 39.3 Å². The third-order valence-corrected chi connectivity index (χ3v) is 7.06. The van der Waals surface area contributed by atoms with Crippen molar-refractivity contribution in [3.8, 4) is 0 Å². The van der Waals surface area contributed by atoms with Crippen LogP contribution in [-0.4, -0.2) is 37.6 Å². The predicted octanol–water partition coefficient (Wildman–Crippen LogP) is 4.49. The highest BCUT2D eigenvalue weighted by molar-refractivity contribution is 7.80. The first-order valence-corrected chi connectivity index (χ1v) is 12.1. The van der Waals surface area contributed by atoms with Crippen LogP contribution in [0.5, 0.6) is 0 Å². The van der Waals surface area contributed by atoms with Crippen molar-refractivity contribution in [3.05, 3.63) is 76.1 Å². The van der Waals surface area contributed by atoms with Crippen molar-refractivity contribution in [2.24, 2.45) is 7.05 Å². The number of para-hydroxylation sites is 1. The van der Waals surface area contributed by atoms with Crippen molar-refractivity contribution in [3.63, 3.8) is 0 Å². The van der Waals surface area contributed by atoms with Gasteiger partial charge in [-0.2, -0.15) is 5.10 Å². The molecule has 1 N–H and O–H groups in total. The van der Waals surface area contributed by atoms with E-state index < -0.39 is 6.04 Å². The number of benzene rings is 2. The lowest BCUT2D eigenvalue weighted by atomic mass is 10.1. The van der Waals surface area contributed by atoms with Crippen molar-refractivity contribution < 1.29 is 9.59 Å². The Hall–Kier alpha value is -3.52. The summed E-state index contributed by atoms with van der Waals surface area (Å²) in [6, 6.07) is 12.8. The van der Waals surface area contributed by atoms with Crippen LogP contribution in [0.15, 0.2) is 42.5 Å². The Balaban J connectivity index is 1.71. The van der Waals surface area contributed by atoms with Crippen LogP contribution < -0.4 is 10.2 Å². The average molecular weight is 490 g/mol. The number of anilines is 2. The summed E-state index contributed by atoms with van der Waals surface area (Å²) < 4.78 is 1.82. The Bertz CT molecular complexity index is 1330. The second kappa shape index (κ2) is 9.62. The molecule has 2 heterocycles. The molecule has 1 atom stereocenters. The minimum atomic E-state index is -0.716. The van der Waals surface area contributed by atoms with E-state index in [9.17, 15) is 9.59 Å². The first-order valence-electron chi connectivity index (χ1n) is 11.6. The fraction of sp³-hybridized carbons (Fsp3) is 0.333. The van der Waals surface area contributed by atoms with Crippen LogP contribution in [-0.2, 0) is 23.2 Å². The molecule has 1 aliphatic rings. The molecule has 8 heteroatoms. The van der Waals surface area contributed by atoms with Crippen molar-refractivity contribution in [2.75, 3.05) is 10.2 Å². The fourth-order valence-electron chi connectivity index (χ4n) is 4.61. The van der Waals surface area contributed by atoms with Crippen molar-refractivity contribution in [1.29, 1.82) is 0 Å². The number of imide groups is 1. The van der Waals surface area contributed by atoms with E-state index >= 15 is 0 Å². The molecule has 2 amide bonds. The van der Waals surface area contributed by atoms with Crippen LogP contribution in [0.25, 0.3) is 0 Å². The summed E-state index contributed by atoms with van der Waals surface area (Å²) in [5.74, 6) is -0.499. The lowest BCUT2D eigenvalue weighted by Gasteiger charge is -2.31. The largest absolute Gasteiger partial charge is 0.332 e. The topological polar surface area (TPSA) is 70.5 Å². The van der Waals surface area contributed by atoms with Gasteiger partial charge in [0.05, 0.1) is 17.8 Å². The van der Waals surface area contributed by atoms with Gasteiger partial charge in [-0.3, -0.25) is 14.3 Å². The summed E-state index contributed by atoms with van der Waals surface area (Å²) in [6.45, 7) is 10.3. The first kappa shape index (κ1) is 24.6. The number of aromatic nitrogens is 2. The molecule has 1 fully saturated rings. The number of hydrogen-bond donors (Lipinski definition) is 1. The summed E-state index contributed by atoms with van der Waals surface area (Å²) in [5.41, 5.74) is 7.43. The van der Waals surface area contributed by atoms with Gasteiger partial charge in [-0.25, -0.2) is 4.90 Å². The van der Waals surface area contributed by atoms with Gasteiger partial charge in [0.1, 0.15) is 6.04 Å². The molecule has 2 aromatic carbocycles. The lowest BCUT2D eigenvalue weighted by molar-refractivity contribution is -0.122. The molecule has 182 valence electrons. The molecule has 0 radical (unpaired) electrons. The third-order valence-electron chi connectivity index (χ3n) is 6.73. The van der Waals surface area contributed by atoms with Crippen molar-refractivity contribution in [1.82, 2.24) is 14.7 Å². The molecule has 0 saturated carbocycles. The van der Waals surface area contributed by atoms with E-state index in [1.165, 1.54) is 4.90 Å². The van der Waals surface area contributed by atoms with Gasteiger partial charge in [0.2, 0.25) is 5.91 Å². The number of aryl methyl sites for hydroxylation is 5. The third kappa shape index (κ3) is 4.71. The van der Waals surface area contributed by atoms with Crippen molar-refractivity contribution >= 4 is 40.5 Å². The maximum Gasteiger partial charge on any atom is 0.257 e. The molecule has 3 aromatic rings. The Morgan fingerprint density at radius 2 is 1.80 bits per heavy atom. The normalized spacial score (nSPS) is 15.6. The van der Waals surface area contributed by atoms with E-state index in [4.69, 9.17) is 12.2 Å². The molecule has 7 nitrogen and oxygen atoms in total. The van der Waals surface area contributed by atoms with E-state index in [2.05, 4.69) is 16.5 Å². The zero-order valence-electron chi connectivity index (χ0n) is 21.0. The fourth-order valence-corrected chi connectivity index (χ4v) is 4.91. The number of carbonyl (C=O) groups excluding carboxylic acids is 2. The number of rotatable bonds is 5. The highest BCUT2D eigenvalue weighted by Gasteiger charge is 2.44. The van der Waals surface area contributed by atoms with Gasteiger partial charge in [-0.15, -0.1) is 0 Å². The second-order valence-electron chi connectivity index (χ2n) is 9.22. The Labute approximate surface area is 211 Å². The number of amides is 2. The smallest absolute Gasteiger partial charge is 0.257 e. The first-order chi connectivity index (χ1) is 16.6. The summed E-state index contributed by atoms with van der Waals surface area (Å²) in [6.07, 6.45) is 0.0558. The van der Waals surface area contributed by atoms with Gasteiger partial charge in [-0.1, -0.05) is 35.9 Å². The maximum atomic E-state index is 13.7. The summed E-state index contributed by atoms with van der Waals surface area (Å²) >= 11 is 5.86. The molecule has 0 spiro atoms. The van der Waals surface area contributed by atoms with Crippen LogP contribution in [0.1, 0.15) is 40.1 Å². The number of hydrogen-bond acceptors (Lipinski definition) is 4. The van der Waals surface area contributed by atoms with Crippen LogP contribution in [0.2, 0.25) is 0 Å². The number of nitrogens with one attached hydrogen (secondary N) is 1. The molecular weight excluding hydrogens is 458 g/mol. The standard InChI is InChI=1S/C27H31N5O2S/c1-16-11-12-22(18(3)13-16)28-27(35)31(15-21-19(4)29-30(6)20(21)5)24-14-25(33)32(26(24)34)23-10-8-7-9-17(23)2/h7-13,24H,14-15H2,1-6H3,(H,28,35)/t24-/m1/s1. The molecule has 0 aliphatic carbocycles. The van der Waals surface area contributed by atoms with Gasteiger partial charge in [-0.05, 0) is 70.1 Å². The van der Waals surface area contributed by atoms with Gasteiger partial charge in [0, 0.05) is 30.5 Å². The summed E-state index contributed by atoms with van der Waals surface area (Å²) in [7, 11) is 1.90. The minimum absolute atomic E-state index is 0.0558. The van der Waals surface area contributed by atoms with E-state index in [1.54, 1.807) is 6.07 Å². The average Bonchev–Trinajstić information content (AvgIpc) is 3.22. The number of carbonyl (C=O) groups is 2. The molecule has 35 heavy (non-hydrogen) atoms. The molecule has 1 saturated heterocycles. The minimum Gasteiger partial charge on any atom is -0.332 e. The van der Waals surface area contributed by atoms with Crippen LogP contribution in [0.4, 0.5) is 11.4 Å². The number of thiocarbonyl (C=S) groups is 1. The predicted molar refractivity (Wildman–Crippen MR) is 142 cm³/mol. The van der Waals surface area contributed by atoms with Crippen LogP contribution >= 0.6 is 12.2 Å². The quantitative estimate of drug-likeness (QED) is 0.421. The molecular formula is C27H31N5O2S. The zero-order chi connectivity index (χ0) is 25.4. The SMILES string of the molecule is Cc1ccc(NC(=S)N(Cc2c(C)nn(C)c2C)[C@@H]2CC(=O)N(c3ccccc3C)C2=O)c(C)c1. The molecule has 1 aromatic heterocycles. The Kier molecular flexibility index (Phi) is 6.76. The van der Waals surface area contributed by atoms with E-state index in [0.29, 0.717) is 17.3 Å². The van der Waals surface area contributed by atoms with Crippen LogP contribution in [0.3, 0.4) is 0 Å². The highest BCUT2D eigenvalue weighted by atomic mass is 32.1. The molecule has 1 aliphatic heterocycles. The van der Waals surface area contributed by atoms with Gasteiger partial charge in [0.25, 0.3) is 5.91 Å². The van der Waals surface area contributed by atoms with E-state index in [1.807, 2.05) is 81.6 Å². The van der Waals surface area contributed by atoms with Crippen LogP contribution in [0, 0.1) is 34.6 Å². The highest BCUT2D eigenvalue weighted by Crippen LogP contribution is 2.30. The Morgan fingerprint density at radius 3 is 2.43 bits per heavy atom. The number of nitrogens with zero attached hydrogens (tertiary/aromatic N) is 4. The maximum absolute atomic E-state index is 13.7. The van der Waals surface area contributed by atoms with Gasteiger partial charge < -0.3 is 10.2 Å². The van der Waals surface area contributed by atoms with Gasteiger partial charge >= 0.3 is 0 Å². The van der Waals surface area contributed by atoms with Crippen molar-refractivity contribution in [2.45, 2.75) is 53.6 Å². The summed E-state index contributed by atoms with van der Waals surface area (Å²) in [5, 5.41) is 8.26. The van der Waals surface area contributed by atoms with E-state index in [-0.39, 0.29) is 18.2 Å². The molecule has 4 rings (SSSR count). The monoisotopic (exact) mass is 489 g/mol.